The Morgan fingerprint density at radius 3 is 2.83 bits per heavy atom. The maximum absolute atomic E-state index is 3.50. The first-order chi connectivity index (χ1) is 5.88. The van der Waals surface area contributed by atoms with Crippen LogP contribution in [0, 0.1) is 0 Å². The van der Waals surface area contributed by atoms with E-state index in [0.29, 0.717) is 0 Å². The third kappa shape index (κ3) is 1.32. The van der Waals surface area contributed by atoms with Crippen molar-refractivity contribution in [1.29, 1.82) is 0 Å². The highest BCUT2D eigenvalue weighted by atomic mass is 79.9. The molecule has 0 aromatic heterocycles. The maximum Gasteiger partial charge on any atom is 0.0916 e. The zero-order valence-electron chi connectivity index (χ0n) is 6.50. The van der Waals surface area contributed by atoms with E-state index in [1.54, 1.807) is 0 Å². The van der Waals surface area contributed by atoms with Crippen molar-refractivity contribution in [2.75, 3.05) is 11.6 Å². The van der Waals surface area contributed by atoms with Crippen LogP contribution < -0.4 is 10.2 Å². The maximum atomic E-state index is 3.50. The monoisotopic (exact) mass is 224 g/mol. The molecule has 0 aliphatic carbocycles. The molecule has 0 atom stereocenters. The van der Waals surface area contributed by atoms with E-state index >= 15 is 0 Å². The van der Waals surface area contributed by atoms with Crippen molar-refractivity contribution in [1.82, 2.24) is 5.32 Å². The molecule has 1 aromatic carbocycles. The lowest BCUT2D eigenvalue weighted by atomic mass is 10.3. The van der Waals surface area contributed by atoms with E-state index in [1.807, 2.05) is 30.6 Å². The van der Waals surface area contributed by atoms with E-state index < -0.39 is 0 Å². The second kappa shape index (κ2) is 3.19. The van der Waals surface area contributed by atoms with Crippen LogP contribution in [0.25, 0.3) is 0 Å². The van der Waals surface area contributed by atoms with Crippen molar-refractivity contribution in [3.63, 3.8) is 0 Å². The molecule has 0 radical (unpaired) electrons. The Morgan fingerprint density at radius 1 is 1.33 bits per heavy atom. The largest absolute Gasteiger partial charge is 0.372 e. The lowest BCUT2D eigenvalue weighted by Gasteiger charge is -2.15. The Kier molecular flexibility index (Phi) is 2.04. The number of hydrogen-bond acceptors (Lipinski definition) is 2. The molecule has 0 saturated carbocycles. The number of benzene rings is 1. The van der Waals surface area contributed by atoms with Gasteiger partial charge in [-0.15, -0.1) is 0 Å². The van der Waals surface area contributed by atoms with Gasteiger partial charge in [-0.2, -0.15) is 0 Å². The lowest BCUT2D eigenvalue weighted by Crippen LogP contribution is -2.19. The third-order valence-corrected chi connectivity index (χ3v) is 2.47. The van der Waals surface area contributed by atoms with Crippen molar-refractivity contribution < 1.29 is 0 Å². The van der Waals surface area contributed by atoms with Gasteiger partial charge < -0.3 is 10.2 Å². The Hall–Kier alpha value is -0.960. The van der Waals surface area contributed by atoms with Gasteiger partial charge in [0.1, 0.15) is 0 Å². The Bertz CT molecular complexity index is 309. The van der Waals surface area contributed by atoms with Crippen LogP contribution in [0.1, 0.15) is 0 Å². The fourth-order valence-electron chi connectivity index (χ4n) is 1.20. The van der Waals surface area contributed by atoms with Gasteiger partial charge in [0.25, 0.3) is 0 Å². The Morgan fingerprint density at radius 2 is 2.17 bits per heavy atom. The summed E-state index contributed by atoms with van der Waals surface area (Å²) in [6.07, 6.45) is 3.97. The number of halogens is 1. The molecule has 0 spiro atoms. The van der Waals surface area contributed by atoms with E-state index in [1.165, 1.54) is 5.69 Å². The van der Waals surface area contributed by atoms with Crippen LogP contribution in [0.4, 0.5) is 5.69 Å². The first-order valence-electron chi connectivity index (χ1n) is 3.79. The molecule has 1 aliphatic heterocycles. The van der Waals surface area contributed by atoms with E-state index in [0.717, 1.165) is 11.1 Å². The van der Waals surface area contributed by atoms with Gasteiger partial charge >= 0.3 is 0 Å². The normalized spacial score (nSPS) is 14.9. The number of anilines is 1. The average Bonchev–Trinajstić information content (AvgIpc) is 2.57. The molecule has 1 aromatic rings. The lowest BCUT2D eigenvalue weighted by molar-refractivity contribution is 0.899. The molecule has 3 heteroatoms. The first-order valence-corrected chi connectivity index (χ1v) is 4.58. The quantitative estimate of drug-likeness (QED) is 0.788. The van der Waals surface area contributed by atoms with Gasteiger partial charge in [-0.1, -0.05) is 12.1 Å². The van der Waals surface area contributed by atoms with Crippen molar-refractivity contribution in [3.8, 4) is 0 Å². The number of nitrogens with one attached hydrogen (secondary N) is 1. The predicted octanol–water partition coefficient (Wildman–Crippen LogP) is 2.29. The molecule has 1 aliphatic rings. The first kappa shape index (κ1) is 7.68. The molecule has 1 heterocycles. The van der Waals surface area contributed by atoms with Crippen molar-refractivity contribution >= 4 is 21.6 Å². The summed E-state index contributed by atoms with van der Waals surface area (Å²) in [5.41, 5.74) is 1.19. The number of nitrogens with zero attached hydrogens (tertiary/aromatic N) is 1. The van der Waals surface area contributed by atoms with Gasteiger partial charge in [0.15, 0.2) is 0 Å². The van der Waals surface area contributed by atoms with Crippen molar-refractivity contribution in [2.24, 2.45) is 0 Å². The topological polar surface area (TPSA) is 15.3 Å². The zero-order chi connectivity index (χ0) is 8.39. The van der Waals surface area contributed by atoms with Gasteiger partial charge in [0.05, 0.1) is 12.4 Å². The third-order valence-electron chi connectivity index (χ3n) is 1.80. The SMILES string of the molecule is Brc1ccccc1N1C=CNC1. The fourth-order valence-corrected chi connectivity index (χ4v) is 1.71. The Labute approximate surface area is 80.0 Å². The molecule has 12 heavy (non-hydrogen) atoms. The molecule has 0 amide bonds. The van der Waals surface area contributed by atoms with Gasteiger partial charge in [-0.25, -0.2) is 0 Å². The second-order valence-corrected chi connectivity index (χ2v) is 3.45. The minimum atomic E-state index is 0.850. The van der Waals surface area contributed by atoms with E-state index in [-0.39, 0.29) is 0 Å². The molecule has 1 N–H and O–H groups in total. The van der Waals surface area contributed by atoms with Gasteiger partial charge in [0, 0.05) is 16.9 Å². The van der Waals surface area contributed by atoms with E-state index in [2.05, 4.69) is 32.2 Å². The summed E-state index contributed by atoms with van der Waals surface area (Å²) >= 11 is 3.50. The molecule has 2 nitrogen and oxygen atoms in total. The summed E-state index contributed by atoms with van der Waals surface area (Å²) in [6, 6.07) is 8.18. The van der Waals surface area contributed by atoms with Crippen LogP contribution in [-0.4, -0.2) is 6.67 Å². The fraction of sp³-hybridized carbons (Fsp3) is 0.111. The summed E-state index contributed by atoms with van der Waals surface area (Å²) in [7, 11) is 0. The summed E-state index contributed by atoms with van der Waals surface area (Å²) in [6.45, 7) is 0.850. The van der Waals surface area contributed by atoms with E-state index in [4.69, 9.17) is 0 Å². The summed E-state index contributed by atoms with van der Waals surface area (Å²) in [5, 5.41) is 3.12. The molecule has 62 valence electrons. The zero-order valence-corrected chi connectivity index (χ0v) is 8.08. The average molecular weight is 225 g/mol. The highest BCUT2D eigenvalue weighted by Crippen LogP contribution is 2.26. The van der Waals surface area contributed by atoms with Crippen LogP contribution in [0.2, 0.25) is 0 Å². The van der Waals surface area contributed by atoms with Gasteiger partial charge in [-0.3, -0.25) is 0 Å². The number of rotatable bonds is 1. The molecular formula is C9H9BrN2. The highest BCUT2D eigenvalue weighted by molar-refractivity contribution is 9.10. The number of para-hydroxylation sites is 1. The van der Waals surface area contributed by atoms with Crippen molar-refractivity contribution in [2.45, 2.75) is 0 Å². The minimum Gasteiger partial charge on any atom is -0.372 e. The van der Waals surface area contributed by atoms with E-state index in [9.17, 15) is 0 Å². The minimum absolute atomic E-state index is 0.850. The number of hydrogen-bond donors (Lipinski definition) is 1. The highest BCUT2D eigenvalue weighted by Gasteiger charge is 2.08. The predicted molar refractivity (Wildman–Crippen MR) is 53.8 cm³/mol. The van der Waals surface area contributed by atoms with Crippen LogP contribution in [0.5, 0.6) is 0 Å². The van der Waals surface area contributed by atoms with Crippen LogP contribution in [0.3, 0.4) is 0 Å². The van der Waals surface area contributed by atoms with Crippen LogP contribution >= 0.6 is 15.9 Å². The molecule has 2 rings (SSSR count). The molecule has 0 saturated heterocycles. The van der Waals surface area contributed by atoms with Crippen LogP contribution in [-0.2, 0) is 0 Å². The van der Waals surface area contributed by atoms with Gasteiger partial charge in [-0.05, 0) is 28.1 Å². The standard InChI is InChI=1S/C9H9BrN2/c10-8-3-1-2-4-9(8)12-6-5-11-7-12/h1-6,11H,7H2. The van der Waals surface area contributed by atoms with Crippen LogP contribution in [0.15, 0.2) is 41.1 Å². The Balaban J connectivity index is 2.33. The summed E-state index contributed by atoms with van der Waals surface area (Å²) in [4.78, 5) is 2.14. The molecule has 0 unspecified atom stereocenters. The molecular weight excluding hydrogens is 216 g/mol. The molecule has 0 bridgehead atoms. The van der Waals surface area contributed by atoms with Gasteiger partial charge in [0.2, 0.25) is 0 Å². The second-order valence-electron chi connectivity index (χ2n) is 2.60. The van der Waals surface area contributed by atoms with Crippen molar-refractivity contribution in [3.05, 3.63) is 41.1 Å². The summed E-state index contributed by atoms with van der Waals surface area (Å²) < 4.78 is 1.12. The summed E-state index contributed by atoms with van der Waals surface area (Å²) in [5.74, 6) is 0. The molecule has 0 fully saturated rings. The smallest absolute Gasteiger partial charge is 0.0916 e.